The first-order chi connectivity index (χ1) is 10.5. The summed E-state index contributed by atoms with van der Waals surface area (Å²) in [7, 11) is 0. The van der Waals surface area contributed by atoms with Crippen molar-refractivity contribution in [3.8, 4) is 5.75 Å². The maximum absolute atomic E-state index is 10.9. The molecule has 0 radical (unpaired) electrons. The van der Waals surface area contributed by atoms with Crippen molar-refractivity contribution in [1.82, 2.24) is 4.90 Å². The normalized spacial score (nSPS) is 23.0. The maximum Gasteiger partial charge on any atom is 0.218 e. The van der Waals surface area contributed by atoms with Crippen molar-refractivity contribution in [3.05, 3.63) is 29.8 Å². The fraction of sp³-hybridized carbons (Fsp3) is 0.562. The molecule has 1 saturated heterocycles. The van der Waals surface area contributed by atoms with Crippen LogP contribution in [0, 0.1) is 6.92 Å². The Kier molecular flexibility index (Phi) is 5.76. The number of hydrogen-bond acceptors (Lipinski definition) is 5. The molecule has 2 rings (SSSR count). The van der Waals surface area contributed by atoms with Gasteiger partial charge in [0.1, 0.15) is 18.0 Å². The molecular weight excluding hydrogens is 284 g/mol. The fourth-order valence-corrected chi connectivity index (χ4v) is 2.47. The number of aliphatic hydroxyl groups is 1. The first-order valence-electron chi connectivity index (χ1n) is 7.48. The van der Waals surface area contributed by atoms with E-state index in [1.54, 1.807) is 0 Å². The maximum atomic E-state index is 10.9. The molecule has 1 atom stereocenters. The molecule has 3 N–H and O–H groups in total. The summed E-state index contributed by atoms with van der Waals surface area (Å²) in [5.74, 6) is 0.411. The van der Waals surface area contributed by atoms with Crippen LogP contribution >= 0.6 is 0 Å². The van der Waals surface area contributed by atoms with Gasteiger partial charge in [0.15, 0.2) is 0 Å². The van der Waals surface area contributed by atoms with Crippen molar-refractivity contribution < 1.29 is 19.4 Å². The zero-order valence-electron chi connectivity index (χ0n) is 13.0. The third kappa shape index (κ3) is 4.98. The topological polar surface area (TPSA) is 85.0 Å². The molecule has 1 aromatic rings. The van der Waals surface area contributed by atoms with Gasteiger partial charge in [0.25, 0.3) is 0 Å². The summed E-state index contributed by atoms with van der Waals surface area (Å²) >= 11 is 0. The van der Waals surface area contributed by atoms with Gasteiger partial charge < -0.3 is 20.3 Å². The lowest BCUT2D eigenvalue weighted by Gasteiger charge is -2.30. The number of nitrogens with two attached hydrogens (primary N) is 1. The van der Waals surface area contributed by atoms with Gasteiger partial charge in [-0.25, -0.2) is 0 Å². The number of para-hydroxylation sites is 1. The smallest absolute Gasteiger partial charge is 0.218 e. The molecule has 0 spiro atoms. The minimum Gasteiger partial charge on any atom is -0.490 e. The lowest BCUT2D eigenvalue weighted by atomic mass is 10.1. The molecule has 0 unspecified atom stereocenters. The molecule has 1 aliphatic heterocycles. The largest absolute Gasteiger partial charge is 0.490 e. The van der Waals surface area contributed by atoms with Gasteiger partial charge in [-0.05, 0) is 18.6 Å². The van der Waals surface area contributed by atoms with Gasteiger partial charge in [-0.3, -0.25) is 9.69 Å². The second-order valence-electron chi connectivity index (χ2n) is 5.82. The van der Waals surface area contributed by atoms with Crippen molar-refractivity contribution in [3.63, 3.8) is 0 Å². The van der Waals surface area contributed by atoms with E-state index < -0.39 is 5.60 Å². The molecule has 122 valence electrons. The Balaban J connectivity index is 1.94. The summed E-state index contributed by atoms with van der Waals surface area (Å²) in [5.41, 5.74) is 5.10. The van der Waals surface area contributed by atoms with Gasteiger partial charge in [0.05, 0.1) is 13.2 Å². The van der Waals surface area contributed by atoms with Crippen LogP contribution in [0.15, 0.2) is 24.3 Å². The Morgan fingerprint density at radius 3 is 3.00 bits per heavy atom. The van der Waals surface area contributed by atoms with Crippen molar-refractivity contribution in [2.45, 2.75) is 18.9 Å². The van der Waals surface area contributed by atoms with Gasteiger partial charge in [-0.15, -0.1) is 0 Å². The van der Waals surface area contributed by atoms with E-state index in [0.717, 1.165) is 11.3 Å². The Labute approximate surface area is 130 Å². The number of rotatable bonds is 6. The highest BCUT2D eigenvalue weighted by Crippen LogP contribution is 2.20. The molecular formula is C16H24N2O4. The van der Waals surface area contributed by atoms with E-state index in [0.29, 0.717) is 26.2 Å². The zero-order valence-corrected chi connectivity index (χ0v) is 13.0. The first kappa shape index (κ1) is 16.7. The molecule has 22 heavy (non-hydrogen) atoms. The summed E-state index contributed by atoms with van der Waals surface area (Å²) < 4.78 is 11.2. The Bertz CT molecular complexity index is 509. The Morgan fingerprint density at radius 1 is 1.50 bits per heavy atom. The predicted molar refractivity (Wildman–Crippen MR) is 82.7 cm³/mol. The van der Waals surface area contributed by atoms with Crippen LogP contribution in [0.25, 0.3) is 0 Å². The van der Waals surface area contributed by atoms with E-state index in [2.05, 4.69) is 0 Å². The monoisotopic (exact) mass is 308 g/mol. The number of β-amino-alcohol motifs (C(OH)–C–C–N with tert-alkyl or cyclic N) is 1. The van der Waals surface area contributed by atoms with Gasteiger partial charge in [0.2, 0.25) is 5.91 Å². The number of carbonyl (C=O) groups is 1. The third-order valence-electron chi connectivity index (χ3n) is 3.70. The number of benzene rings is 1. The molecule has 6 heteroatoms. The Hall–Kier alpha value is -1.63. The van der Waals surface area contributed by atoms with Crippen LogP contribution in [0.4, 0.5) is 0 Å². The highest BCUT2D eigenvalue weighted by molar-refractivity contribution is 5.73. The summed E-state index contributed by atoms with van der Waals surface area (Å²) in [5, 5.41) is 10.7. The SMILES string of the molecule is Cc1ccccc1OC[C@]1(O)COCCN(CCC(N)=O)C1. The highest BCUT2D eigenvalue weighted by Gasteiger charge is 2.33. The number of amides is 1. The van der Waals surface area contributed by atoms with Gasteiger partial charge in [-0.2, -0.15) is 0 Å². The molecule has 1 fully saturated rings. The molecule has 1 heterocycles. The molecule has 0 bridgehead atoms. The summed E-state index contributed by atoms with van der Waals surface area (Å²) in [6.07, 6.45) is 0.273. The number of nitrogens with zero attached hydrogens (tertiary/aromatic N) is 1. The lowest BCUT2D eigenvalue weighted by molar-refractivity contribution is -0.118. The molecule has 1 amide bonds. The van der Waals surface area contributed by atoms with Crippen LogP contribution in [0.3, 0.4) is 0 Å². The first-order valence-corrected chi connectivity index (χ1v) is 7.48. The number of hydrogen-bond donors (Lipinski definition) is 2. The van der Waals surface area contributed by atoms with Gasteiger partial charge in [-0.1, -0.05) is 18.2 Å². The molecule has 6 nitrogen and oxygen atoms in total. The van der Waals surface area contributed by atoms with E-state index in [1.165, 1.54) is 0 Å². The molecule has 0 saturated carbocycles. The molecule has 1 aromatic carbocycles. The summed E-state index contributed by atoms with van der Waals surface area (Å²) in [6, 6.07) is 7.68. The van der Waals surface area contributed by atoms with Crippen LogP contribution < -0.4 is 10.5 Å². The highest BCUT2D eigenvalue weighted by atomic mass is 16.5. The lowest BCUT2D eigenvalue weighted by Crippen LogP contribution is -2.49. The minimum atomic E-state index is -1.10. The fourth-order valence-electron chi connectivity index (χ4n) is 2.47. The van der Waals surface area contributed by atoms with Gasteiger partial charge >= 0.3 is 0 Å². The average Bonchev–Trinajstić information content (AvgIpc) is 2.66. The van der Waals surface area contributed by atoms with E-state index in [4.69, 9.17) is 15.2 Å². The summed E-state index contributed by atoms with van der Waals surface area (Å²) in [6.45, 7) is 4.42. The molecule has 0 aromatic heterocycles. The standard InChI is InChI=1S/C16H24N2O4/c1-13-4-2-3-5-14(13)22-12-16(20)10-18(7-6-15(17)19)8-9-21-11-16/h2-5,20H,6-12H2,1H3,(H2,17,19)/t16-/m1/s1. The number of aryl methyl sites for hydroxylation is 1. The van der Waals surface area contributed by atoms with Crippen LogP contribution in [0.1, 0.15) is 12.0 Å². The molecule has 0 aliphatic carbocycles. The summed E-state index contributed by atoms with van der Waals surface area (Å²) in [4.78, 5) is 12.9. The van der Waals surface area contributed by atoms with E-state index in [9.17, 15) is 9.90 Å². The van der Waals surface area contributed by atoms with E-state index >= 15 is 0 Å². The Morgan fingerprint density at radius 2 is 2.27 bits per heavy atom. The van der Waals surface area contributed by atoms with Crippen molar-refractivity contribution >= 4 is 5.91 Å². The second kappa shape index (κ2) is 7.58. The third-order valence-corrected chi connectivity index (χ3v) is 3.70. The number of primary amides is 1. The van der Waals surface area contributed by atoms with Crippen molar-refractivity contribution in [2.24, 2.45) is 5.73 Å². The average molecular weight is 308 g/mol. The van der Waals surface area contributed by atoms with Gasteiger partial charge in [0, 0.05) is 26.1 Å². The van der Waals surface area contributed by atoms with Crippen molar-refractivity contribution in [1.29, 1.82) is 0 Å². The number of carbonyl (C=O) groups excluding carboxylic acids is 1. The number of ether oxygens (including phenoxy) is 2. The zero-order chi connectivity index (χ0) is 16.0. The van der Waals surface area contributed by atoms with Crippen LogP contribution in [0.5, 0.6) is 5.75 Å². The second-order valence-corrected chi connectivity index (χ2v) is 5.82. The van der Waals surface area contributed by atoms with Crippen molar-refractivity contribution in [2.75, 3.05) is 39.5 Å². The quantitative estimate of drug-likeness (QED) is 0.790. The van der Waals surface area contributed by atoms with E-state index in [-0.39, 0.29) is 25.5 Å². The van der Waals surface area contributed by atoms with Crippen LogP contribution in [-0.4, -0.2) is 61.0 Å². The molecule has 1 aliphatic rings. The van der Waals surface area contributed by atoms with Crippen LogP contribution in [-0.2, 0) is 9.53 Å². The van der Waals surface area contributed by atoms with E-state index in [1.807, 2.05) is 36.1 Å². The predicted octanol–water partition coefficient (Wildman–Crippen LogP) is 0.313. The minimum absolute atomic E-state index is 0.144. The van der Waals surface area contributed by atoms with Crippen LogP contribution in [0.2, 0.25) is 0 Å².